The first-order chi connectivity index (χ1) is 14.0. The van der Waals surface area contributed by atoms with Crippen LogP contribution in [0.3, 0.4) is 0 Å². The highest BCUT2D eigenvalue weighted by Crippen LogP contribution is 2.27. The zero-order valence-corrected chi connectivity index (χ0v) is 17.0. The Labute approximate surface area is 171 Å². The molecular weight excluding hydrogens is 366 g/mol. The number of carbonyl (C=O) groups is 2. The molecule has 2 N–H and O–H groups in total. The summed E-state index contributed by atoms with van der Waals surface area (Å²) in [6, 6.07) is 13.4. The maximum atomic E-state index is 12.4. The van der Waals surface area contributed by atoms with E-state index in [2.05, 4.69) is 21.9 Å². The summed E-state index contributed by atoms with van der Waals surface area (Å²) in [4.78, 5) is 24.4. The summed E-state index contributed by atoms with van der Waals surface area (Å²) in [5.74, 6) is 0.385. The third-order valence-corrected chi connectivity index (χ3v) is 4.98. The van der Waals surface area contributed by atoms with Gasteiger partial charge in [-0.25, -0.2) is 5.43 Å². The van der Waals surface area contributed by atoms with Crippen LogP contribution in [-0.4, -0.2) is 24.6 Å². The fraction of sp³-hybridized carbons (Fsp3) is 0.348. The van der Waals surface area contributed by atoms with Crippen molar-refractivity contribution < 1.29 is 14.3 Å². The third-order valence-electron chi connectivity index (χ3n) is 4.98. The van der Waals surface area contributed by atoms with Gasteiger partial charge in [0.15, 0.2) is 0 Å². The Morgan fingerprint density at radius 1 is 1.03 bits per heavy atom. The molecule has 3 rings (SSSR count). The molecule has 2 aromatic rings. The van der Waals surface area contributed by atoms with Crippen molar-refractivity contribution in [2.75, 3.05) is 12.4 Å². The van der Waals surface area contributed by atoms with Crippen LogP contribution in [0.1, 0.15) is 42.9 Å². The molecule has 2 amide bonds. The highest BCUT2D eigenvalue weighted by molar-refractivity contribution is 6.06. The number of amides is 2. The molecule has 29 heavy (non-hydrogen) atoms. The van der Waals surface area contributed by atoms with Crippen molar-refractivity contribution in [3.8, 4) is 5.75 Å². The van der Waals surface area contributed by atoms with E-state index in [1.165, 1.54) is 17.5 Å². The summed E-state index contributed by atoms with van der Waals surface area (Å²) in [7, 11) is 1.60. The summed E-state index contributed by atoms with van der Waals surface area (Å²) >= 11 is 0. The van der Waals surface area contributed by atoms with Gasteiger partial charge in [0.05, 0.1) is 20.0 Å². The van der Waals surface area contributed by atoms with Gasteiger partial charge in [-0.05, 0) is 67.5 Å². The highest BCUT2D eigenvalue weighted by atomic mass is 16.5. The molecular formula is C23H27N3O3. The fourth-order valence-electron chi connectivity index (χ4n) is 3.49. The first-order valence-electron chi connectivity index (χ1n) is 9.90. The molecule has 0 heterocycles. The van der Waals surface area contributed by atoms with Gasteiger partial charge < -0.3 is 10.1 Å². The standard InChI is InChI=1S/C23H27N3O3/c1-16(25-26-23(28)15-17-10-12-19(29-2)13-11-17)14-22(27)24-21-9-5-7-18-6-3-4-8-20(18)21/h5,7,9-13H,3-4,6,8,14-15H2,1-2H3,(H,24,27)(H,26,28)/b25-16+. The molecule has 0 saturated carbocycles. The van der Waals surface area contributed by atoms with Crippen LogP contribution in [0.4, 0.5) is 5.69 Å². The van der Waals surface area contributed by atoms with Crippen molar-refractivity contribution in [1.82, 2.24) is 5.43 Å². The second-order valence-corrected chi connectivity index (χ2v) is 7.28. The lowest BCUT2D eigenvalue weighted by molar-refractivity contribution is -0.120. The van der Waals surface area contributed by atoms with E-state index in [1.807, 2.05) is 36.4 Å². The van der Waals surface area contributed by atoms with Crippen molar-refractivity contribution in [1.29, 1.82) is 0 Å². The minimum Gasteiger partial charge on any atom is -0.497 e. The molecule has 0 saturated heterocycles. The number of hydrogen-bond donors (Lipinski definition) is 2. The Morgan fingerprint density at radius 3 is 2.55 bits per heavy atom. The van der Waals surface area contributed by atoms with Gasteiger partial charge in [0.2, 0.25) is 11.8 Å². The molecule has 0 fully saturated rings. The van der Waals surface area contributed by atoms with E-state index < -0.39 is 0 Å². The van der Waals surface area contributed by atoms with Gasteiger partial charge in [0.1, 0.15) is 5.75 Å². The second-order valence-electron chi connectivity index (χ2n) is 7.28. The van der Waals surface area contributed by atoms with Crippen LogP contribution in [0.25, 0.3) is 0 Å². The highest BCUT2D eigenvalue weighted by Gasteiger charge is 2.15. The smallest absolute Gasteiger partial charge is 0.244 e. The van der Waals surface area contributed by atoms with Gasteiger partial charge in [-0.3, -0.25) is 9.59 Å². The Hall–Kier alpha value is -3.15. The van der Waals surface area contributed by atoms with E-state index in [-0.39, 0.29) is 24.7 Å². The zero-order valence-electron chi connectivity index (χ0n) is 17.0. The van der Waals surface area contributed by atoms with E-state index in [9.17, 15) is 9.59 Å². The molecule has 0 spiro atoms. The number of nitrogens with one attached hydrogen (secondary N) is 2. The second kappa shape index (κ2) is 9.87. The average Bonchev–Trinajstić information content (AvgIpc) is 2.73. The van der Waals surface area contributed by atoms with Gasteiger partial charge in [0, 0.05) is 11.4 Å². The molecule has 1 aliphatic carbocycles. The number of hydrazone groups is 1. The van der Waals surface area contributed by atoms with Crippen molar-refractivity contribution >= 4 is 23.2 Å². The Bertz CT molecular complexity index is 904. The molecule has 2 aromatic carbocycles. The molecule has 0 aliphatic heterocycles. The average molecular weight is 393 g/mol. The number of nitrogens with zero attached hydrogens (tertiary/aromatic N) is 1. The lowest BCUT2D eigenvalue weighted by Crippen LogP contribution is -2.23. The van der Waals surface area contributed by atoms with Crippen LogP contribution in [0.15, 0.2) is 47.6 Å². The van der Waals surface area contributed by atoms with Gasteiger partial charge in [0.25, 0.3) is 0 Å². The van der Waals surface area contributed by atoms with Crippen LogP contribution in [0.5, 0.6) is 5.75 Å². The first kappa shape index (κ1) is 20.6. The monoisotopic (exact) mass is 393 g/mol. The molecule has 0 bridgehead atoms. The van der Waals surface area contributed by atoms with E-state index in [4.69, 9.17) is 4.74 Å². The number of rotatable bonds is 7. The van der Waals surface area contributed by atoms with E-state index in [0.717, 1.165) is 36.3 Å². The third kappa shape index (κ3) is 5.91. The maximum absolute atomic E-state index is 12.4. The van der Waals surface area contributed by atoms with Crippen LogP contribution in [0, 0.1) is 0 Å². The summed E-state index contributed by atoms with van der Waals surface area (Å²) in [6.45, 7) is 1.73. The summed E-state index contributed by atoms with van der Waals surface area (Å²) in [5, 5.41) is 7.05. The number of anilines is 1. The van der Waals surface area contributed by atoms with Gasteiger partial charge >= 0.3 is 0 Å². The topological polar surface area (TPSA) is 79.8 Å². The minimum atomic E-state index is -0.230. The predicted octanol–water partition coefficient (Wildman–Crippen LogP) is 3.64. The normalized spacial score (nSPS) is 13.4. The Morgan fingerprint density at radius 2 is 1.79 bits per heavy atom. The summed E-state index contributed by atoms with van der Waals surface area (Å²) < 4.78 is 5.10. The van der Waals surface area contributed by atoms with Crippen LogP contribution < -0.4 is 15.5 Å². The van der Waals surface area contributed by atoms with Crippen LogP contribution in [0.2, 0.25) is 0 Å². The number of hydrogen-bond acceptors (Lipinski definition) is 4. The number of carbonyl (C=O) groups excluding carboxylic acids is 2. The quantitative estimate of drug-likeness (QED) is 0.557. The zero-order chi connectivity index (χ0) is 20.6. The Kier molecular flexibility index (Phi) is 7.00. The molecule has 0 aromatic heterocycles. The maximum Gasteiger partial charge on any atom is 0.244 e. The lowest BCUT2D eigenvalue weighted by atomic mass is 9.90. The van der Waals surface area contributed by atoms with Crippen molar-refractivity contribution in [3.05, 3.63) is 59.2 Å². The summed E-state index contributed by atoms with van der Waals surface area (Å²) in [5.41, 5.74) is 7.39. The molecule has 1 aliphatic rings. The predicted molar refractivity (Wildman–Crippen MR) is 114 cm³/mol. The number of fused-ring (bicyclic) bond motifs is 1. The largest absolute Gasteiger partial charge is 0.497 e. The van der Waals surface area contributed by atoms with E-state index in [1.54, 1.807) is 14.0 Å². The number of methoxy groups -OCH3 is 1. The summed E-state index contributed by atoms with van der Waals surface area (Å²) in [6.07, 6.45) is 4.77. The van der Waals surface area contributed by atoms with Crippen LogP contribution >= 0.6 is 0 Å². The van der Waals surface area contributed by atoms with Crippen molar-refractivity contribution in [2.45, 2.75) is 45.4 Å². The SMILES string of the molecule is COc1ccc(CC(=O)N/N=C(\C)CC(=O)Nc2cccc3c2CCCC3)cc1. The molecule has 0 radical (unpaired) electrons. The number of ether oxygens (including phenoxy) is 1. The minimum absolute atomic E-state index is 0.130. The van der Waals surface area contributed by atoms with Gasteiger partial charge in [-0.15, -0.1) is 0 Å². The van der Waals surface area contributed by atoms with E-state index in [0.29, 0.717) is 5.71 Å². The molecule has 0 unspecified atom stereocenters. The van der Waals surface area contributed by atoms with Gasteiger partial charge in [-0.2, -0.15) is 5.10 Å². The van der Waals surface area contributed by atoms with Crippen LogP contribution in [-0.2, 0) is 28.9 Å². The van der Waals surface area contributed by atoms with Crippen molar-refractivity contribution in [3.63, 3.8) is 0 Å². The molecule has 152 valence electrons. The molecule has 6 heteroatoms. The Balaban J connectivity index is 1.50. The van der Waals surface area contributed by atoms with E-state index >= 15 is 0 Å². The fourth-order valence-corrected chi connectivity index (χ4v) is 3.49. The number of aryl methyl sites for hydroxylation is 1. The lowest BCUT2D eigenvalue weighted by Gasteiger charge is -2.19. The molecule has 0 atom stereocenters. The molecule has 6 nitrogen and oxygen atoms in total. The van der Waals surface area contributed by atoms with Gasteiger partial charge in [-0.1, -0.05) is 24.3 Å². The van der Waals surface area contributed by atoms with Crippen molar-refractivity contribution in [2.24, 2.45) is 5.10 Å². The first-order valence-corrected chi connectivity index (χ1v) is 9.90. The number of benzene rings is 2.